The SMILES string of the molecule is CCNc1cccc(SCc2ccc(Cl)cc2)c1[N+](=O)[O-]. The molecule has 0 aliphatic carbocycles. The van der Waals surface area contributed by atoms with Gasteiger partial charge in [0.2, 0.25) is 0 Å². The lowest BCUT2D eigenvalue weighted by molar-refractivity contribution is -0.386. The molecule has 0 fully saturated rings. The second kappa shape index (κ2) is 7.33. The van der Waals surface area contributed by atoms with Gasteiger partial charge in [-0.2, -0.15) is 0 Å². The summed E-state index contributed by atoms with van der Waals surface area (Å²) in [6.45, 7) is 2.56. The second-order valence-electron chi connectivity index (χ2n) is 4.35. The van der Waals surface area contributed by atoms with Crippen LogP contribution < -0.4 is 5.32 Å². The molecule has 2 aromatic rings. The molecule has 0 aliphatic heterocycles. The Morgan fingerprint density at radius 1 is 1.24 bits per heavy atom. The van der Waals surface area contributed by atoms with Gasteiger partial charge in [0.25, 0.3) is 0 Å². The summed E-state index contributed by atoms with van der Waals surface area (Å²) in [4.78, 5) is 11.6. The fourth-order valence-electron chi connectivity index (χ4n) is 1.90. The van der Waals surface area contributed by atoms with E-state index in [0.717, 1.165) is 5.56 Å². The van der Waals surface area contributed by atoms with Gasteiger partial charge in [0.15, 0.2) is 0 Å². The Hall–Kier alpha value is -1.72. The molecule has 0 heterocycles. The Kier molecular flexibility index (Phi) is 5.47. The number of anilines is 1. The van der Waals surface area contributed by atoms with E-state index in [9.17, 15) is 10.1 Å². The second-order valence-corrected chi connectivity index (χ2v) is 5.81. The molecule has 4 nitrogen and oxygen atoms in total. The van der Waals surface area contributed by atoms with Crippen molar-refractivity contribution in [2.45, 2.75) is 17.6 Å². The minimum absolute atomic E-state index is 0.137. The van der Waals surface area contributed by atoms with Gasteiger partial charge in [-0.25, -0.2) is 0 Å². The van der Waals surface area contributed by atoms with Crippen LogP contribution >= 0.6 is 23.4 Å². The molecule has 110 valence electrons. The quantitative estimate of drug-likeness (QED) is 0.463. The number of halogens is 1. The zero-order valence-corrected chi connectivity index (χ0v) is 13.1. The number of nitrogens with one attached hydrogen (secondary N) is 1. The van der Waals surface area contributed by atoms with Gasteiger partial charge < -0.3 is 5.32 Å². The van der Waals surface area contributed by atoms with Crippen LogP contribution in [0.15, 0.2) is 47.4 Å². The Morgan fingerprint density at radius 3 is 2.57 bits per heavy atom. The minimum Gasteiger partial charge on any atom is -0.380 e. The number of hydrogen-bond donors (Lipinski definition) is 1. The molecule has 0 saturated carbocycles. The summed E-state index contributed by atoms with van der Waals surface area (Å²) in [5, 5.41) is 15.0. The van der Waals surface area contributed by atoms with E-state index in [1.54, 1.807) is 12.1 Å². The van der Waals surface area contributed by atoms with Crippen molar-refractivity contribution in [3.8, 4) is 0 Å². The third-order valence-corrected chi connectivity index (χ3v) is 4.23. The third-order valence-electron chi connectivity index (χ3n) is 2.86. The fourth-order valence-corrected chi connectivity index (χ4v) is 3.04. The first kappa shape index (κ1) is 15.7. The Morgan fingerprint density at radius 2 is 1.95 bits per heavy atom. The molecular formula is C15H15ClN2O2S. The molecule has 2 rings (SSSR count). The lowest BCUT2D eigenvalue weighted by Gasteiger charge is -2.08. The molecule has 6 heteroatoms. The molecule has 0 radical (unpaired) electrons. The van der Waals surface area contributed by atoms with Crippen molar-refractivity contribution in [1.29, 1.82) is 0 Å². The summed E-state index contributed by atoms with van der Waals surface area (Å²) >= 11 is 7.30. The van der Waals surface area contributed by atoms with Crippen molar-refractivity contribution >= 4 is 34.7 Å². The van der Waals surface area contributed by atoms with Crippen LogP contribution in [0.2, 0.25) is 5.02 Å². The van der Waals surface area contributed by atoms with E-state index in [-0.39, 0.29) is 10.6 Å². The van der Waals surface area contributed by atoms with Crippen LogP contribution in [0.3, 0.4) is 0 Å². The number of para-hydroxylation sites is 1. The van der Waals surface area contributed by atoms with E-state index in [4.69, 9.17) is 11.6 Å². The van der Waals surface area contributed by atoms with Gasteiger partial charge in [0.1, 0.15) is 5.69 Å². The van der Waals surface area contributed by atoms with Gasteiger partial charge >= 0.3 is 5.69 Å². The van der Waals surface area contributed by atoms with Crippen molar-refractivity contribution in [2.24, 2.45) is 0 Å². The van der Waals surface area contributed by atoms with E-state index >= 15 is 0 Å². The van der Waals surface area contributed by atoms with E-state index in [0.29, 0.717) is 27.9 Å². The van der Waals surface area contributed by atoms with Gasteiger partial charge in [-0.15, -0.1) is 11.8 Å². The lowest BCUT2D eigenvalue weighted by atomic mass is 10.2. The highest BCUT2D eigenvalue weighted by molar-refractivity contribution is 7.98. The first-order chi connectivity index (χ1) is 10.1. The molecule has 0 aliphatic rings. The molecule has 2 aromatic carbocycles. The summed E-state index contributed by atoms with van der Waals surface area (Å²) in [5.74, 6) is 0.660. The maximum Gasteiger partial charge on any atom is 0.305 e. The highest BCUT2D eigenvalue weighted by Crippen LogP contribution is 2.37. The summed E-state index contributed by atoms with van der Waals surface area (Å²) < 4.78 is 0. The molecular weight excluding hydrogens is 308 g/mol. The molecule has 1 N–H and O–H groups in total. The predicted octanol–water partition coefficient (Wildman–Crippen LogP) is 4.97. The van der Waals surface area contributed by atoms with Crippen LogP contribution in [-0.4, -0.2) is 11.5 Å². The number of rotatable bonds is 6. The van der Waals surface area contributed by atoms with E-state index < -0.39 is 0 Å². The van der Waals surface area contributed by atoms with E-state index in [1.807, 2.05) is 37.3 Å². The Balaban J connectivity index is 2.21. The number of hydrogen-bond acceptors (Lipinski definition) is 4. The molecule has 0 spiro atoms. The maximum absolute atomic E-state index is 11.3. The fraction of sp³-hybridized carbons (Fsp3) is 0.200. The van der Waals surface area contributed by atoms with Crippen molar-refractivity contribution in [2.75, 3.05) is 11.9 Å². The average Bonchev–Trinajstić information content (AvgIpc) is 2.47. The highest BCUT2D eigenvalue weighted by Gasteiger charge is 2.19. The largest absolute Gasteiger partial charge is 0.380 e. The standard InChI is InChI=1S/C15H15ClN2O2S/c1-2-17-13-4-3-5-14(15(13)18(19)20)21-10-11-6-8-12(16)9-7-11/h3-9,17H,2,10H2,1H3. The van der Waals surface area contributed by atoms with E-state index in [1.165, 1.54) is 11.8 Å². The Bertz CT molecular complexity index is 632. The topological polar surface area (TPSA) is 55.2 Å². The number of thioether (sulfide) groups is 1. The van der Waals surface area contributed by atoms with Crippen LogP contribution in [-0.2, 0) is 5.75 Å². The van der Waals surface area contributed by atoms with Crippen LogP contribution in [0.1, 0.15) is 12.5 Å². The van der Waals surface area contributed by atoms with Gasteiger partial charge in [-0.05, 0) is 36.8 Å². The molecule has 0 unspecified atom stereocenters. The normalized spacial score (nSPS) is 10.4. The molecule has 0 amide bonds. The van der Waals surface area contributed by atoms with Crippen LogP contribution in [0.4, 0.5) is 11.4 Å². The van der Waals surface area contributed by atoms with Crippen LogP contribution in [0.5, 0.6) is 0 Å². The molecule has 0 atom stereocenters. The molecule has 0 saturated heterocycles. The zero-order chi connectivity index (χ0) is 15.2. The van der Waals surface area contributed by atoms with Crippen molar-refractivity contribution in [3.63, 3.8) is 0 Å². The molecule has 0 aromatic heterocycles. The zero-order valence-electron chi connectivity index (χ0n) is 11.5. The highest BCUT2D eigenvalue weighted by atomic mass is 35.5. The van der Waals surface area contributed by atoms with Crippen molar-refractivity contribution < 1.29 is 4.92 Å². The summed E-state index contributed by atoms with van der Waals surface area (Å²) in [7, 11) is 0. The third kappa shape index (κ3) is 4.12. The summed E-state index contributed by atoms with van der Waals surface area (Å²) in [6.07, 6.45) is 0. The number of benzene rings is 2. The first-order valence-corrected chi connectivity index (χ1v) is 7.86. The van der Waals surface area contributed by atoms with E-state index in [2.05, 4.69) is 5.32 Å². The van der Waals surface area contributed by atoms with Crippen molar-refractivity contribution in [1.82, 2.24) is 0 Å². The smallest absolute Gasteiger partial charge is 0.305 e. The predicted molar refractivity (Wildman–Crippen MR) is 88.3 cm³/mol. The van der Waals surface area contributed by atoms with Gasteiger partial charge in [-0.1, -0.05) is 29.8 Å². The van der Waals surface area contributed by atoms with Crippen LogP contribution in [0.25, 0.3) is 0 Å². The van der Waals surface area contributed by atoms with Gasteiger partial charge in [0.05, 0.1) is 9.82 Å². The molecule has 21 heavy (non-hydrogen) atoms. The number of nitro benzene ring substituents is 1. The van der Waals surface area contributed by atoms with Crippen molar-refractivity contribution in [3.05, 3.63) is 63.2 Å². The maximum atomic E-state index is 11.3. The number of nitrogens with zero attached hydrogens (tertiary/aromatic N) is 1. The molecule has 0 bridgehead atoms. The van der Waals surface area contributed by atoms with Gasteiger partial charge in [-0.3, -0.25) is 10.1 Å². The average molecular weight is 323 g/mol. The van der Waals surface area contributed by atoms with Gasteiger partial charge in [0, 0.05) is 17.3 Å². The minimum atomic E-state index is -0.331. The summed E-state index contributed by atoms with van der Waals surface area (Å²) in [6, 6.07) is 12.8. The van der Waals surface area contributed by atoms with Crippen LogP contribution in [0, 0.1) is 10.1 Å². The first-order valence-electron chi connectivity index (χ1n) is 6.50. The Labute approximate surface area is 132 Å². The lowest BCUT2D eigenvalue weighted by Crippen LogP contribution is -2.02. The summed E-state index contributed by atoms with van der Waals surface area (Å²) in [5.41, 5.74) is 1.77. The monoisotopic (exact) mass is 322 g/mol. The number of nitro groups is 1.